The maximum atomic E-state index is 9.44. The van der Waals surface area contributed by atoms with E-state index in [-0.39, 0.29) is 0 Å². The lowest BCUT2D eigenvalue weighted by molar-refractivity contribution is 0.392. The van der Waals surface area contributed by atoms with Crippen LogP contribution in [0.5, 0.6) is 11.5 Å². The molecule has 3 nitrogen and oxygen atoms in total. The predicted octanol–water partition coefficient (Wildman–Crippen LogP) is 5.18. The van der Waals surface area contributed by atoms with Gasteiger partial charge in [-0.1, -0.05) is 29.8 Å². The highest BCUT2D eigenvalue weighted by Crippen LogP contribution is 2.35. The van der Waals surface area contributed by atoms with E-state index in [4.69, 9.17) is 21.1 Å². The monoisotopic (exact) mass is 377 g/mol. The smallest absolute Gasteiger partial charge is 0.136 e. The minimum Gasteiger partial charge on any atom is -0.496 e. The largest absolute Gasteiger partial charge is 0.496 e. The van der Waals surface area contributed by atoms with E-state index in [1.807, 2.05) is 24.3 Å². The van der Waals surface area contributed by atoms with E-state index < -0.39 is 0 Å². The van der Waals surface area contributed by atoms with Crippen LogP contribution in [0.25, 0.3) is 11.6 Å². The number of allylic oxidation sites excluding steroid dienone is 1. The van der Waals surface area contributed by atoms with Crippen molar-refractivity contribution in [2.45, 2.75) is 0 Å². The van der Waals surface area contributed by atoms with Crippen molar-refractivity contribution in [1.29, 1.82) is 5.26 Å². The summed E-state index contributed by atoms with van der Waals surface area (Å²) in [4.78, 5) is 0. The first kappa shape index (κ1) is 16.4. The highest BCUT2D eigenvalue weighted by Gasteiger charge is 2.11. The summed E-state index contributed by atoms with van der Waals surface area (Å²) in [7, 11) is 3.15. The number of methoxy groups -OCH3 is 2. The summed E-state index contributed by atoms with van der Waals surface area (Å²) in [5.41, 5.74) is 1.90. The fourth-order valence-electron chi connectivity index (χ4n) is 2.00. The van der Waals surface area contributed by atoms with Crippen LogP contribution >= 0.6 is 27.5 Å². The van der Waals surface area contributed by atoms with Crippen LogP contribution in [-0.2, 0) is 0 Å². The van der Waals surface area contributed by atoms with Crippen molar-refractivity contribution in [3.63, 3.8) is 0 Å². The molecule has 5 heteroatoms. The van der Waals surface area contributed by atoms with Crippen LogP contribution in [0.3, 0.4) is 0 Å². The number of rotatable bonds is 4. The van der Waals surface area contributed by atoms with Gasteiger partial charge in [0.2, 0.25) is 0 Å². The minimum absolute atomic E-state index is 0.459. The van der Waals surface area contributed by atoms with Crippen molar-refractivity contribution in [2.24, 2.45) is 0 Å². The van der Waals surface area contributed by atoms with Gasteiger partial charge in [0.15, 0.2) is 0 Å². The molecular weight excluding hydrogens is 366 g/mol. The highest BCUT2D eigenvalue weighted by molar-refractivity contribution is 9.10. The maximum absolute atomic E-state index is 9.44. The van der Waals surface area contributed by atoms with Gasteiger partial charge in [-0.3, -0.25) is 0 Å². The van der Waals surface area contributed by atoms with Gasteiger partial charge in [-0.05, 0) is 34.1 Å². The van der Waals surface area contributed by atoms with Crippen LogP contribution < -0.4 is 9.47 Å². The molecule has 0 amide bonds. The molecule has 0 radical (unpaired) electrons. The van der Waals surface area contributed by atoms with E-state index >= 15 is 0 Å². The first-order valence-electron chi connectivity index (χ1n) is 6.39. The Kier molecular flexibility index (Phi) is 5.48. The summed E-state index contributed by atoms with van der Waals surface area (Å²) in [6.45, 7) is 0. The van der Waals surface area contributed by atoms with Gasteiger partial charge in [-0.15, -0.1) is 0 Å². The van der Waals surface area contributed by atoms with Crippen molar-refractivity contribution in [3.05, 3.63) is 57.0 Å². The van der Waals surface area contributed by atoms with E-state index in [0.29, 0.717) is 27.7 Å². The summed E-state index contributed by atoms with van der Waals surface area (Å²) >= 11 is 9.60. The molecule has 0 atom stereocenters. The van der Waals surface area contributed by atoms with E-state index in [2.05, 4.69) is 22.0 Å². The fourth-order valence-corrected chi connectivity index (χ4v) is 2.76. The summed E-state index contributed by atoms with van der Waals surface area (Å²) < 4.78 is 11.4. The Morgan fingerprint density at radius 1 is 1.18 bits per heavy atom. The molecule has 2 aromatic rings. The first-order valence-corrected chi connectivity index (χ1v) is 7.56. The molecule has 0 spiro atoms. The standard InChI is InChI=1S/C17H13BrClNO2/c1-21-16-9-17(22-2)14(18)8-11(16)7-12(10-20)13-5-3-4-6-15(13)19/h3-9H,1-2H3. The Labute approximate surface area is 142 Å². The Hall–Kier alpha value is -1.96. The van der Waals surface area contributed by atoms with Gasteiger partial charge in [-0.25, -0.2) is 0 Å². The SMILES string of the molecule is COc1cc(OC)c(C=C(C#N)c2ccccc2Cl)cc1Br. The molecule has 0 unspecified atom stereocenters. The van der Waals surface area contributed by atoms with Gasteiger partial charge in [0.1, 0.15) is 11.5 Å². The van der Waals surface area contributed by atoms with Crippen LogP contribution in [-0.4, -0.2) is 14.2 Å². The number of nitriles is 1. The van der Waals surface area contributed by atoms with Crippen molar-refractivity contribution >= 4 is 39.2 Å². The van der Waals surface area contributed by atoms with E-state index in [1.165, 1.54) is 0 Å². The van der Waals surface area contributed by atoms with E-state index in [1.54, 1.807) is 32.4 Å². The normalized spacial score (nSPS) is 11.0. The summed E-state index contributed by atoms with van der Waals surface area (Å²) in [5.74, 6) is 1.27. The Morgan fingerprint density at radius 2 is 1.86 bits per heavy atom. The van der Waals surface area contributed by atoms with Gasteiger partial charge < -0.3 is 9.47 Å². The first-order chi connectivity index (χ1) is 10.6. The fraction of sp³-hybridized carbons (Fsp3) is 0.118. The molecule has 2 aromatic carbocycles. The lowest BCUT2D eigenvalue weighted by Crippen LogP contribution is -1.92. The summed E-state index contributed by atoms with van der Waals surface area (Å²) in [5, 5.41) is 9.97. The average Bonchev–Trinajstić information content (AvgIpc) is 2.53. The molecule has 22 heavy (non-hydrogen) atoms. The van der Waals surface area contributed by atoms with Crippen LogP contribution in [0, 0.1) is 11.3 Å². The Morgan fingerprint density at radius 3 is 2.45 bits per heavy atom. The number of hydrogen-bond acceptors (Lipinski definition) is 3. The molecule has 0 heterocycles. The van der Waals surface area contributed by atoms with Gasteiger partial charge in [0, 0.05) is 22.2 Å². The molecule has 112 valence electrons. The Bertz CT molecular complexity index is 766. The number of ether oxygens (including phenoxy) is 2. The van der Waals surface area contributed by atoms with E-state index in [9.17, 15) is 5.26 Å². The molecular formula is C17H13BrClNO2. The molecule has 0 saturated heterocycles. The maximum Gasteiger partial charge on any atom is 0.136 e. The molecule has 0 bridgehead atoms. The molecule has 0 aliphatic heterocycles. The predicted molar refractivity (Wildman–Crippen MR) is 92.2 cm³/mol. The second-order valence-corrected chi connectivity index (χ2v) is 5.64. The molecule has 0 aromatic heterocycles. The van der Waals surface area contributed by atoms with E-state index in [0.717, 1.165) is 10.0 Å². The number of nitrogens with zero attached hydrogens (tertiary/aromatic N) is 1. The van der Waals surface area contributed by atoms with Crippen LogP contribution in [0.4, 0.5) is 0 Å². The Balaban J connectivity index is 2.58. The molecule has 0 fully saturated rings. The van der Waals surface area contributed by atoms with Crippen LogP contribution in [0.1, 0.15) is 11.1 Å². The quantitative estimate of drug-likeness (QED) is 0.543. The lowest BCUT2D eigenvalue weighted by atomic mass is 10.0. The number of benzene rings is 2. The second-order valence-electron chi connectivity index (χ2n) is 4.38. The zero-order valence-corrected chi connectivity index (χ0v) is 14.4. The van der Waals surface area contributed by atoms with Gasteiger partial charge >= 0.3 is 0 Å². The molecule has 0 aliphatic rings. The zero-order chi connectivity index (χ0) is 16.1. The summed E-state index contributed by atoms with van der Waals surface area (Å²) in [6, 6.07) is 13.0. The third-order valence-corrected chi connectivity index (χ3v) is 4.04. The van der Waals surface area contributed by atoms with Crippen molar-refractivity contribution in [3.8, 4) is 17.6 Å². The molecule has 0 N–H and O–H groups in total. The highest BCUT2D eigenvalue weighted by atomic mass is 79.9. The van der Waals surface area contributed by atoms with Crippen molar-refractivity contribution in [1.82, 2.24) is 0 Å². The average molecular weight is 379 g/mol. The topological polar surface area (TPSA) is 42.2 Å². The van der Waals surface area contributed by atoms with Crippen LogP contribution in [0.2, 0.25) is 5.02 Å². The minimum atomic E-state index is 0.459. The molecule has 0 saturated carbocycles. The van der Waals surface area contributed by atoms with Crippen LogP contribution in [0.15, 0.2) is 40.9 Å². The summed E-state index contributed by atoms with van der Waals surface area (Å²) in [6.07, 6.45) is 1.74. The second kappa shape index (κ2) is 7.35. The van der Waals surface area contributed by atoms with Crippen molar-refractivity contribution < 1.29 is 9.47 Å². The van der Waals surface area contributed by atoms with Crippen molar-refractivity contribution in [2.75, 3.05) is 14.2 Å². The third-order valence-electron chi connectivity index (χ3n) is 3.09. The molecule has 0 aliphatic carbocycles. The number of hydrogen-bond donors (Lipinski definition) is 0. The lowest BCUT2D eigenvalue weighted by Gasteiger charge is -2.10. The van der Waals surface area contributed by atoms with Gasteiger partial charge in [-0.2, -0.15) is 5.26 Å². The van der Waals surface area contributed by atoms with Gasteiger partial charge in [0.05, 0.1) is 30.3 Å². The molecule has 2 rings (SSSR count). The zero-order valence-electron chi connectivity index (χ0n) is 12.1. The van der Waals surface area contributed by atoms with Gasteiger partial charge in [0.25, 0.3) is 0 Å². The number of halogens is 2. The third kappa shape index (κ3) is 3.44.